The van der Waals surface area contributed by atoms with Crippen molar-refractivity contribution in [2.45, 2.75) is 39.0 Å². The summed E-state index contributed by atoms with van der Waals surface area (Å²) in [6.45, 7) is 6.27. The van der Waals surface area contributed by atoms with E-state index < -0.39 is 0 Å². The van der Waals surface area contributed by atoms with Crippen LogP contribution in [0.3, 0.4) is 0 Å². The smallest absolute Gasteiger partial charge is 0.194 e. The van der Waals surface area contributed by atoms with Crippen molar-refractivity contribution in [1.82, 2.24) is 15.2 Å². The fraction of sp³-hybridized carbons (Fsp3) is 0.474. The van der Waals surface area contributed by atoms with Crippen molar-refractivity contribution in [3.05, 3.63) is 51.7 Å². The minimum Gasteiger partial charge on any atom is -0.367 e. The second-order valence-electron chi connectivity index (χ2n) is 6.37. The van der Waals surface area contributed by atoms with Crippen LogP contribution in [-0.4, -0.2) is 42.1 Å². The number of guanidine groups is 1. The van der Waals surface area contributed by atoms with Crippen LogP contribution in [0.2, 0.25) is 0 Å². The van der Waals surface area contributed by atoms with E-state index in [-0.39, 0.29) is 42.0 Å². The first-order chi connectivity index (χ1) is 12.6. The van der Waals surface area contributed by atoms with Crippen molar-refractivity contribution in [2.75, 3.05) is 20.1 Å². The van der Waals surface area contributed by atoms with Gasteiger partial charge in [-0.2, -0.15) is 0 Å². The number of morpholine rings is 1. The van der Waals surface area contributed by atoms with Crippen LogP contribution < -0.4 is 5.32 Å². The van der Waals surface area contributed by atoms with Gasteiger partial charge in [0.1, 0.15) is 16.9 Å². The van der Waals surface area contributed by atoms with Crippen molar-refractivity contribution < 1.29 is 9.13 Å². The van der Waals surface area contributed by atoms with Crippen molar-refractivity contribution in [3.63, 3.8) is 0 Å². The fourth-order valence-electron chi connectivity index (χ4n) is 3.07. The van der Waals surface area contributed by atoms with Gasteiger partial charge in [0.2, 0.25) is 0 Å². The highest BCUT2D eigenvalue weighted by atomic mass is 127. The summed E-state index contributed by atoms with van der Waals surface area (Å²) in [6, 6.07) is 6.52. The maximum atomic E-state index is 13.2. The van der Waals surface area contributed by atoms with E-state index >= 15 is 0 Å². The van der Waals surface area contributed by atoms with Crippen LogP contribution in [0.15, 0.2) is 35.5 Å². The quantitative estimate of drug-likeness (QED) is 0.389. The van der Waals surface area contributed by atoms with E-state index in [1.807, 2.05) is 13.1 Å². The van der Waals surface area contributed by atoms with E-state index in [0.29, 0.717) is 13.1 Å². The molecule has 0 spiro atoms. The first kappa shape index (κ1) is 22.0. The Hall–Kier alpha value is -1.26. The number of halogens is 2. The molecule has 0 amide bonds. The number of hydrogen-bond acceptors (Lipinski definition) is 4. The zero-order valence-electron chi connectivity index (χ0n) is 15.8. The summed E-state index contributed by atoms with van der Waals surface area (Å²) in [7, 11) is 1.79. The lowest BCUT2D eigenvalue weighted by Gasteiger charge is -2.38. The second-order valence-corrected chi connectivity index (χ2v) is 7.57. The highest BCUT2D eigenvalue weighted by molar-refractivity contribution is 14.0. The number of aliphatic imine (C=N–C) groups is 1. The molecule has 27 heavy (non-hydrogen) atoms. The van der Waals surface area contributed by atoms with Gasteiger partial charge in [-0.25, -0.2) is 9.37 Å². The molecule has 2 atom stereocenters. The molecule has 0 saturated carbocycles. The molecule has 1 aromatic carbocycles. The van der Waals surface area contributed by atoms with E-state index in [1.54, 1.807) is 30.5 Å². The lowest BCUT2D eigenvalue weighted by Crippen LogP contribution is -2.50. The average Bonchev–Trinajstić information content (AvgIpc) is 3.10. The van der Waals surface area contributed by atoms with Gasteiger partial charge >= 0.3 is 0 Å². The topological polar surface area (TPSA) is 49.8 Å². The monoisotopic (exact) mass is 504 g/mol. The number of hydrogen-bond donors (Lipinski definition) is 1. The third kappa shape index (κ3) is 5.86. The van der Waals surface area contributed by atoms with E-state index in [4.69, 9.17) is 4.74 Å². The van der Waals surface area contributed by atoms with Gasteiger partial charge in [0.15, 0.2) is 5.96 Å². The van der Waals surface area contributed by atoms with Gasteiger partial charge in [-0.05, 0) is 31.0 Å². The molecule has 2 aromatic rings. The molecule has 2 heterocycles. The number of nitrogens with zero attached hydrogens (tertiary/aromatic N) is 3. The second kappa shape index (κ2) is 10.3. The van der Waals surface area contributed by atoms with Gasteiger partial charge in [-0.3, -0.25) is 4.99 Å². The van der Waals surface area contributed by atoms with E-state index in [2.05, 4.69) is 27.1 Å². The zero-order chi connectivity index (χ0) is 18.5. The molecule has 2 unspecified atom stereocenters. The lowest BCUT2D eigenvalue weighted by molar-refractivity contribution is -0.0605. The molecule has 0 aliphatic carbocycles. The minimum atomic E-state index is -0.234. The first-order valence-electron chi connectivity index (χ1n) is 8.89. The molecule has 1 N–H and O–H groups in total. The third-order valence-corrected chi connectivity index (χ3v) is 5.50. The summed E-state index contributed by atoms with van der Waals surface area (Å²) in [5, 5.41) is 4.46. The van der Waals surface area contributed by atoms with Crippen molar-refractivity contribution in [1.29, 1.82) is 0 Å². The van der Waals surface area contributed by atoms with Gasteiger partial charge in [0.25, 0.3) is 0 Å². The van der Waals surface area contributed by atoms with Gasteiger partial charge in [0, 0.05) is 24.7 Å². The summed E-state index contributed by atoms with van der Waals surface area (Å²) in [5.74, 6) is 0.599. The summed E-state index contributed by atoms with van der Waals surface area (Å²) in [5.41, 5.74) is 0.978. The Morgan fingerprint density at radius 2 is 2.11 bits per heavy atom. The van der Waals surface area contributed by atoms with Gasteiger partial charge in [0.05, 0.1) is 19.2 Å². The number of aryl methyl sites for hydroxylation is 1. The predicted octanol–water partition coefficient (Wildman–Crippen LogP) is 4.00. The Balaban J connectivity index is 0.00000261. The molecule has 3 rings (SSSR count). The molecule has 1 fully saturated rings. The van der Waals surface area contributed by atoms with E-state index in [9.17, 15) is 4.39 Å². The van der Waals surface area contributed by atoms with E-state index in [1.165, 1.54) is 17.0 Å². The number of aromatic nitrogens is 1. The number of rotatable bonds is 4. The van der Waals surface area contributed by atoms with Crippen LogP contribution in [0, 0.1) is 5.82 Å². The molecule has 1 saturated heterocycles. The molecule has 8 heteroatoms. The molecule has 1 aromatic heterocycles. The first-order valence-corrected chi connectivity index (χ1v) is 9.70. The van der Waals surface area contributed by atoms with Crippen molar-refractivity contribution in [3.8, 4) is 0 Å². The average molecular weight is 504 g/mol. The molecule has 0 radical (unpaired) electrons. The van der Waals surface area contributed by atoms with Crippen LogP contribution in [0.4, 0.5) is 4.39 Å². The maximum absolute atomic E-state index is 13.2. The SMILES string of the molecule is CCc1cnc(CNC(=NC)N2CC(C)OC(c3ccc(F)cc3)C2)s1.I. The molecule has 0 bridgehead atoms. The molecule has 1 aliphatic heterocycles. The van der Waals surface area contributed by atoms with Gasteiger partial charge in [-0.15, -0.1) is 35.3 Å². The molecular formula is C19H26FIN4OS. The third-order valence-electron chi connectivity index (χ3n) is 4.36. The maximum Gasteiger partial charge on any atom is 0.194 e. The highest BCUT2D eigenvalue weighted by Gasteiger charge is 2.28. The van der Waals surface area contributed by atoms with Crippen LogP contribution in [0.1, 0.15) is 35.4 Å². The summed E-state index contributed by atoms with van der Waals surface area (Å²) in [6.07, 6.45) is 2.90. The van der Waals surface area contributed by atoms with E-state index in [0.717, 1.165) is 29.5 Å². The largest absolute Gasteiger partial charge is 0.367 e. The Kier molecular flexibility index (Phi) is 8.43. The molecule has 148 valence electrons. The number of ether oxygens (including phenoxy) is 1. The highest BCUT2D eigenvalue weighted by Crippen LogP contribution is 2.25. The predicted molar refractivity (Wildman–Crippen MR) is 118 cm³/mol. The number of nitrogens with one attached hydrogen (secondary N) is 1. The van der Waals surface area contributed by atoms with Gasteiger partial charge < -0.3 is 15.0 Å². The summed E-state index contributed by atoms with van der Waals surface area (Å²) < 4.78 is 19.3. The summed E-state index contributed by atoms with van der Waals surface area (Å²) in [4.78, 5) is 12.3. The van der Waals surface area contributed by atoms with Crippen molar-refractivity contribution in [2.24, 2.45) is 4.99 Å². The number of benzene rings is 1. The molecule has 1 aliphatic rings. The molecular weight excluding hydrogens is 478 g/mol. The Morgan fingerprint density at radius 1 is 1.37 bits per heavy atom. The van der Waals surface area contributed by atoms with Crippen LogP contribution in [0.5, 0.6) is 0 Å². The number of thiazole rings is 1. The van der Waals surface area contributed by atoms with Crippen molar-refractivity contribution >= 4 is 41.3 Å². The van der Waals surface area contributed by atoms with Gasteiger partial charge in [-0.1, -0.05) is 19.1 Å². The van der Waals surface area contributed by atoms with Crippen LogP contribution in [-0.2, 0) is 17.7 Å². The molecule has 5 nitrogen and oxygen atoms in total. The Bertz CT molecular complexity index is 752. The standard InChI is InChI=1S/C19H25FN4OS.HI/c1-4-16-9-22-18(26-16)10-23-19(21-3)24-11-13(2)25-17(12-24)14-5-7-15(20)8-6-14;/h5-9,13,17H,4,10-12H2,1-3H3,(H,21,23);1H. The summed E-state index contributed by atoms with van der Waals surface area (Å²) >= 11 is 1.72. The lowest BCUT2D eigenvalue weighted by atomic mass is 10.1. The fourth-order valence-corrected chi connectivity index (χ4v) is 3.87. The normalized spacial score (nSPS) is 20.3. The zero-order valence-corrected chi connectivity index (χ0v) is 19.0. The van der Waals surface area contributed by atoms with Crippen LogP contribution >= 0.6 is 35.3 Å². The Labute approximate surface area is 181 Å². The minimum absolute atomic E-state index is 0. The van der Waals surface area contributed by atoms with Crippen LogP contribution in [0.25, 0.3) is 0 Å². The Morgan fingerprint density at radius 3 is 2.74 bits per heavy atom.